The van der Waals surface area contributed by atoms with Crippen LogP contribution in [0.15, 0.2) is 18.2 Å². The van der Waals surface area contributed by atoms with Crippen molar-refractivity contribution in [1.29, 1.82) is 0 Å². The maximum absolute atomic E-state index is 6.14. The van der Waals surface area contributed by atoms with Gasteiger partial charge < -0.3 is 10.7 Å². The molecule has 80 valence electrons. The van der Waals surface area contributed by atoms with Crippen LogP contribution in [-0.2, 0) is 0 Å². The number of benzene rings is 1. The molecule has 15 heavy (non-hydrogen) atoms. The van der Waals surface area contributed by atoms with Gasteiger partial charge in [-0.05, 0) is 31.4 Å². The van der Waals surface area contributed by atoms with Crippen LogP contribution < -0.4 is 5.73 Å². The lowest BCUT2D eigenvalue weighted by molar-refractivity contribution is 0.699. The van der Waals surface area contributed by atoms with Crippen molar-refractivity contribution in [1.82, 2.24) is 4.98 Å². The van der Waals surface area contributed by atoms with Crippen LogP contribution in [0.4, 0.5) is 0 Å². The summed E-state index contributed by atoms with van der Waals surface area (Å²) in [6, 6.07) is 6.51. The van der Waals surface area contributed by atoms with Crippen molar-refractivity contribution < 1.29 is 0 Å². The highest BCUT2D eigenvalue weighted by atomic mass is 14.7. The molecule has 1 aromatic carbocycles. The van der Waals surface area contributed by atoms with Gasteiger partial charge in [0.2, 0.25) is 0 Å². The first kappa shape index (κ1) is 10.2. The number of nitrogens with two attached hydrogens (primary N) is 1. The molecule has 2 heteroatoms. The number of para-hydroxylation sites is 1. The van der Waals surface area contributed by atoms with E-state index in [2.05, 4.69) is 44.0 Å². The van der Waals surface area contributed by atoms with Gasteiger partial charge in [-0.2, -0.15) is 0 Å². The lowest BCUT2D eigenvalue weighted by Crippen LogP contribution is -2.09. The summed E-state index contributed by atoms with van der Waals surface area (Å²) >= 11 is 0. The summed E-state index contributed by atoms with van der Waals surface area (Å²) in [5.41, 5.74) is 11.1. The number of hydrogen-bond donors (Lipinski definition) is 2. The number of H-pyrrole nitrogens is 1. The van der Waals surface area contributed by atoms with E-state index in [-0.39, 0.29) is 6.04 Å². The number of aromatic nitrogens is 1. The molecule has 0 spiro atoms. The Morgan fingerprint density at radius 1 is 1.33 bits per heavy atom. The monoisotopic (exact) mass is 202 g/mol. The van der Waals surface area contributed by atoms with Gasteiger partial charge in [-0.15, -0.1) is 0 Å². The summed E-state index contributed by atoms with van der Waals surface area (Å²) in [6.07, 6.45) is 0.974. The van der Waals surface area contributed by atoms with E-state index in [9.17, 15) is 0 Å². The van der Waals surface area contributed by atoms with Crippen LogP contribution >= 0.6 is 0 Å². The zero-order valence-electron chi connectivity index (χ0n) is 9.59. The zero-order chi connectivity index (χ0) is 11.0. The molecular formula is C13H18N2. The Kier molecular flexibility index (Phi) is 2.53. The Balaban J connectivity index is 2.73. The number of aryl methyl sites for hydroxylation is 2. The van der Waals surface area contributed by atoms with Gasteiger partial charge in [0.15, 0.2) is 0 Å². The quantitative estimate of drug-likeness (QED) is 0.771. The second-order valence-electron chi connectivity index (χ2n) is 4.18. The summed E-state index contributed by atoms with van der Waals surface area (Å²) < 4.78 is 0. The van der Waals surface area contributed by atoms with Gasteiger partial charge >= 0.3 is 0 Å². The first-order valence-corrected chi connectivity index (χ1v) is 5.48. The van der Waals surface area contributed by atoms with E-state index in [0.717, 1.165) is 6.42 Å². The molecule has 0 amide bonds. The second-order valence-corrected chi connectivity index (χ2v) is 4.18. The summed E-state index contributed by atoms with van der Waals surface area (Å²) in [5.74, 6) is 0. The van der Waals surface area contributed by atoms with Crippen LogP contribution in [0.2, 0.25) is 0 Å². The molecule has 0 radical (unpaired) electrons. The normalized spacial score (nSPS) is 13.3. The Labute approximate surface area is 90.5 Å². The molecule has 0 fully saturated rings. The van der Waals surface area contributed by atoms with Gasteiger partial charge in [0, 0.05) is 22.6 Å². The van der Waals surface area contributed by atoms with Crippen LogP contribution in [0, 0.1) is 13.8 Å². The van der Waals surface area contributed by atoms with Crippen molar-refractivity contribution in [3.05, 3.63) is 35.0 Å². The summed E-state index contributed by atoms with van der Waals surface area (Å²) in [7, 11) is 0. The van der Waals surface area contributed by atoms with Crippen LogP contribution in [0.3, 0.4) is 0 Å². The van der Waals surface area contributed by atoms with Crippen molar-refractivity contribution in [3.8, 4) is 0 Å². The molecule has 2 rings (SSSR count). The average molecular weight is 202 g/mol. The molecule has 0 saturated carbocycles. The van der Waals surface area contributed by atoms with Crippen LogP contribution in [0.1, 0.15) is 36.2 Å². The summed E-state index contributed by atoms with van der Waals surface area (Å²) in [5, 5.41) is 1.28. The lowest BCUT2D eigenvalue weighted by atomic mass is 10.0. The fourth-order valence-electron chi connectivity index (χ4n) is 2.20. The molecule has 1 atom stereocenters. The first-order chi connectivity index (χ1) is 7.15. The third-order valence-electron chi connectivity index (χ3n) is 3.09. The van der Waals surface area contributed by atoms with E-state index < -0.39 is 0 Å². The molecule has 0 bridgehead atoms. The van der Waals surface area contributed by atoms with E-state index in [1.807, 2.05) is 0 Å². The third-order valence-corrected chi connectivity index (χ3v) is 3.09. The fraction of sp³-hybridized carbons (Fsp3) is 0.385. The average Bonchev–Trinajstić information content (AvgIpc) is 2.55. The van der Waals surface area contributed by atoms with E-state index in [0.29, 0.717) is 0 Å². The van der Waals surface area contributed by atoms with Crippen molar-refractivity contribution in [2.24, 2.45) is 5.73 Å². The number of hydrogen-bond acceptors (Lipinski definition) is 1. The second kappa shape index (κ2) is 3.70. The maximum Gasteiger partial charge on any atom is 0.0489 e. The van der Waals surface area contributed by atoms with Crippen molar-refractivity contribution in [2.75, 3.05) is 0 Å². The predicted octanol–water partition coefficient (Wildman–Crippen LogP) is 3.19. The highest BCUT2D eigenvalue weighted by Crippen LogP contribution is 2.29. The molecule has 2 aromatic rings. The molecule has 2 nitrogen and oxygen atoms in total. The minimum atomic E-state index is 0.139. The number of rotatable bonds is 2. The zero-order valence-corrected chi connectivity index (χ0v) is 9.59. The van der Waals surface area contributed by atoms with Gasteiger partial charge in [-0.1, -0.05) is 25.1 Å². The van der Waals surface area contributed by atoms with Gasteiger partial charge in [-0.3, -0.25) is 0 Å². The minimum absolute atomic E-state index is 0.139. The first-order valence-electron chi connectivity index (χ1n) is 5.48. The van der Waals surface area contributed by atoms with Crippen LogP contribution in [0.5, 0.6) is 0 Å². The molecule has 0 saturated heterocycles. The van der Waals surface area contributed by atoms with Gasteiger partial charge in [0.1, 0.15) is 0 Å². The predicted molar refractivity (Wildman–Crippen MR) is 65.0 cm³/mol. The smallest absolute Gasteiger partial charge is 0.0489 e. The van der Waals surface area contributed by atoms with E-state index >= 15 is 0 Å². The molecule has 0 aliphatic carbocycles. The molecule has 0 aliphatic rings. The minimum Gasteiger partial charge on any atom is -0.358 e. The molecule has 1 unspecified atom stereocenters. The van der Waals surface area contributed by atoms with Crippen molar-refractivity contribution in [3.63, 3.8) is 0 Å². The summed E-state index contributed by atoms with van der Waals surface area (Å²) in [4.78, 5) is 3.43. The van der Waals surface area contributed by atoms with Crippen molar-refractivity contribution in [2.45, 2.75) is 33.2 Å². The highest BCUT2D eigenvalue weighted by Gasteiger charge is 2.14. The molecular weight excluding hydrogens is 184 g/mol. The largest absolute Gasteiger partial charge is 0.358 e. The highest BCUT2D eigenvalue weighted by molar-refractivity contribution is 5.87. The SMILES string of the molecule is CCC(N)c1c(C)[nH]c2c(C)cccc12. The lowest BCUT2D eigenvalue weighted by Gasteiger charge is -2.09. The Morgan fingerprint density at radius 2 is 2.07 bits per heavy atom. The van der Waals surface area contributed by atoms with Crippen LogP contribution in [0.25, 0.3) is 10.9 Å². The topological polar surface area (TPSA) is 41.8 Å². The Bertz CT molecular complexity index is 482. The molecule has 1 aromatic heterocycles. The van der Waals surface area contributed by atoms with Gasteiger partial charge in [0.25, 0.3) is 0 Å². The number of nitrogens with one attached hydrogen (secondary N) is 1. The standard InChI is InChI=1S/C13H18N2/c1-4-11(14)12-9(3)15-13-8(2)6-5-7-10(12)13/h5-7,11,15H,4,14H2,1-3H3. The molecule has 3 N–H and O–H groups in total. The molecule has 1 heterocycles. The van der Waals surface area contributed by atoms with Gasteiger partial charge in [-0.25, -0.2) is 0 Å². The van der Waals surface area contributed by atoms with E-state index in [1.165, 1.54) is 27.7 Å². The van der Waals surface area contributed by atoms with Gasteiger partial charge in [0.05, 0.1) is 0 Å². The van der Waals surface area contributed by atoms with Crippen molar-refractivity contribution >= 4 is 10.9 Å². The number of fused-ring (bicyclic) bond motifs is 1. The summed E-state index contributed by atoms with van der Waals surface area (Å²) in [6.45, 7) is 6.35. The van der Waals surface area contributed by atoms with E-state index in [1.54, 1.807) is 0 Å². The maximum atomic E-state index is 6.14. The number of aromatic amines is 1. The van der Waals surface area contributed by atoms with E-state index in [4.69, 9.17) is 5.73 Å². The van der Waals surface area contributed by atoms with Crippen LogP contribution in [-0.4, -0.2) is 4.98 Å². The third kappa shape index (κ3) is 1.55. The molecule has 0 aliphatic heterocycles. The Morgan fingerprint density at radius 3 is 2.73 bits per heavy atom. The fourth-order valence-corrected chi connectivity index (χ4v) is 2.20. The Hall–Kier alpha value is -1.28.